The summed E-state index contributed by atoms with van der Waals surface area (Å²) in [7, 11) is 0. The van der Waals surface area contributed by atoms with E-state index < -0.39 is 0 Å². The van der Waals surface area contributed by atoms with Crippen LogP contribution in [0.25, 0.3) is 0 Å². The first-order chi connectivity index (χ1) is 17.2. The number of allylic oxidation sites excluding steroid dienone is 2. The van der Waals surface area contributed by atoms with E-state index in [1.54, 1.807) is 0 Å². The zero-order chi connectivity index (χ0) is 24.0. The third-order valence-electron chi connectivity index (χ3n) is 7.87. The van der Waals surface area contributed by atoms with Crippen molar-refractivity contribution in [1.82, 2.24) is 9.80 Å². The summed E-state index contributed by atoms with van der Waals surface area (Å²) < 4.78 is 11.6. The summed E-state index contributed by atoms with van der Waals surface area (Å²) in [4.78, 5) is 18.2. The van der Waals surface area contributed by atoms with E-state index in [1.807, 2.05) is 12.1 Å². The van der Waals surface area contributed by atoms with Crippen LogP contribution >= 0.6 is 0 Å². The van der Waals surface area contributed by atoms with E-state index in [-0.39, 0.29) is 18.1 Å². The van der Waals surface area contributed by atoms with E-state index in [4.69, 9.17) is 9.47 Å². The lowest BCUT2D eigenvalue weighted by atomic mass is 9.92. The summed E-state index contributed by atoms with van der Waals surface area (Å²) >= 11 is 0. The minimum absolute atomic E-state index is 0.154. The first-order valence-corrected chi connectivity index (χ1v) is 13.6. The van der Waals surface area contributed by atoms with Gasteiger partial charge in [-0.25, -0.2) is 0 Å². The van der Waals surface area contributed by atoms with Gasteiger partial charge in [0.05, 0.1) is 6.10 Å². The van der Waals surface area contributed by atoms with E-state index in [0.717, 1.165) is 87.1 Å². The first-order valence-electron chi connectivity index (χ1n) is 13.6. The topological polar surface area (TPSA) is 42.0 Å². The van der Waals surface area contributed by atoms with Crippen molar-refractivity contribution < 1.29 is 14.3 Å². The summed E-state index contributed by atoms with van der Waals surface area (Å²) in [5.74, 6) is 0.996. The number of fused-ring (bicyclic) bond motifs is 1. The highest BCUT2D eigenvalue weighted by atomic mass is 16.5. The number of ether oxygens (including phenoxy) is 2. The zero-order valence-electron chi connectivity index (χ0n) is 21.1. The van der Waals surface area contributed by atoms with Crippen molar-refractivity contribution in [3.8, 4) is 5.75 Å². The van der Waals surface area contributed by atoms with Gasteiger partial charge in [0.2, 0.25) is 0 Å². The molecule has 0 aromatic heterocycles. The lowest BCUT2D eigenvalue weighted by Crippen LogP contribution is -2.45. The predicted molar refractivity (Wildman–Crippen MR) is 140 cm³/mol. The molecule has 1 aliphatic carbocycles. The number of benzene rings is 1. The average Bonchev–Trinajstić information content (AvgIpc) is 3.58. The Bertz CT molecular complexity index is 970. The Balaban J connectivity index is 1.20. The summed E-state index contributed by atoms with van der Waals surface area (Å²) in [5, 5.41) is 0. The van der Waals surface area contributed by atoms with Crippen LogP contribution in [0, 0.1) is 0 Å². The molecule has 1 amide bonds. The molecule has 0 saturated carbocycles. The Morgan fingerprint density at radius 2 is 1.94 bits per heavy atom. The molecule has 2 fully saturated rings. The normalized spacial score (nSPS) is 28.5. The van der Waals surface area contributed by atoms with Gasteiger partial charge in [-0.05, 0) is 100 Å². The lowest BCUT2D eigenvalue weighted by Gasteiger charge is -2.36. The third kappa shape index (κ3) is 6.25. The smallest absolute Gasteiger partial charge is 0.254 e. The van der Waals surface area contributed by atoms with Crippen molar-refractivity contribution in [2.75, 3.05) is 39.4 Å². The van der Waals surface area contributed by atoms with E-state index in [0.29, 0.717) is 6.61 Å². The van der Waals surface area contributed by atoms with Gasteiger partial charge >= 0.3 is 0 Å². The molecule has 35 heavy (non-hydrogen) atoms. The van der Waals surface area contributed by atoms with E-state index in [1.165, 1.54) is 31.5 Å². The second-order valence-corrected chi connectivity index (χ2v) is 10.6. The molecule has 0 N–H and O–H groups in total. The van der Waals surface area contributed by atoms with Crippen LogP contribution in [0.3, 0.4) is 0 Å². The van der Waals surface area contributed by atoms with E-state index in [2.05, 4.69) is 40.7 Å². The Kier molecular flexibility index (Phi) is 8.05. The number of amides is 1. The number of carbonyl (C=O) groups is 1. The molecule has 3 heterocycles. The van der Waals surface area contributed by atoms with Gasteiger partial charge in [-0.3, -0.25) is 9.69 Å². The van der Waals surface area contributed by atoms with Crippen LogP contribution in [0.5, 0.6) is 5.75 Å². The van der Waals surface area contributed by atoms with Crippen LogP contribution in [0.1, 0.15) is 67.3 Å². The van der Waals surface area contributed by atoms with Crippen molar-refractivity contribution in [3.05, 3.63) is 65.3 Å². The number of rotatable bonds is 6. The predicted octanol–water partition coefficient (Wildman–Crippen LogP) is 5.32. The molecule has 5 nitrogen and oxygen atoms in total. The van der Waals surface area contributed by atoms with Crippen molar-refractivity contribution in [1.29, 1.82) is 0 Å². The Labute approximate surface area is 210 Å². The first kappa shape index (κ1) is 24.3. The summed E-state index contributed by atoms with van der Waals surface area (Å²) in [5.41, 5.74) is 4.45. The Morgan fingerprint density at radius 3 is 2.77 bits per heavy atom. The van der Waals surface area contributed by atoms with Gasteiger partial charge in [-0.2, -0.15) is 0 Å². The van der Waals surface area contributed by atoms with Gasteiger partial charge in [0.25, 0.3) is 5.91 Å². The molecule has 0 radical (unpaired) electrons. The van der Waals surface area contributed by atoms with Crippen LogP contribution in [-0.4, -0.2) is 67.2 Å². The van der Waals surface area contributed by atoms with Crippen LogP contribution < -0.4 is 4.74 Å². The summed E-state index contributed by atoms with van der Waals surface area (Å²) in [6, 6.07) is 6.16. The minimum atomic E-state index is 0.154. The fourth-order valence-corrected chi connectivity index (χ4v) is 5.87. The van der Waals surface area contributed by atoms with E-state index >= 15 is 0 Å². The lowest BCUT2D eigenvalue weighted by molar-refractivity contribution is 0.0642. The van der Waals surface area contributed by atoms with Gasteiger partial charge in [-0.1, -0.05) is 30.4 Å². The van der Waals surface area contributed by atoms with Crippen molar-refractivity contribution >= 4 is 5.91 Å². The minimum Gasteiger partial charge on any atom is -0.491 e. The summed E-state index contributed by atoms with van der Waals surface area (Å²) in [6.07, 6.45) is 16.8. The molecular weight excluding hydrogens is 436 g/mol. The van der Waals surface area contributed by atoms with Crippen LogP contribution in [0.4, 0.5) is 0 Å². The molecule has 5 heteroatoms. The molecule has 3 aliphatic heterocycles. The standard InChI is InChI=1S/C30H40N2O3/c1-23-10-11-24(21-31-15-4-5-16-31)7-2-3-8-26(19-23)32-17-14-25-20-27(12-13-29(25)30(32)33)35-22-28-9-6-18-34-28/h7,10-13,20,26,28H,1-6,8-9,14-19,21-22H2/b11-10-,24-7+/t26-,28-/m0/s1. The monoisotopic (exact) mass is 476 g/mol. The molecule has 2 atom stereocenters. The molecule has 1 aromatic carbocycles. The molecule has 2 saturated heterocycles. The fourth-order valence-electron chi connectivity index (χ4n) is 5.87. The Morgan fingerprint density at radius 1 is 1.06 bits per heavy atom. The van der Waals surface area contributed by atoms with Crippen molar-refractivity contribution in [2.24, 2.45) is 0 Å². The SMILES string of the molecule is C=C1/C=C\C(CN2CCCC2)=C/CCC[C@H](N2CCc3cc(OC[C@@H]4CCCO4)ccc3C2=O)C1. The number of nitrogens with zero attached hydrogens (tertiary/aromatic N) is 2. The van der Waals surface area contributed by atoms with Crippen molar-refractivity contribution in [3.63, 3.8) is 0 Å². The number of likely N-dealkylation sites (tertiary alicyclic amines) is 1. The maximum atomic E-state index is 13.5. The molecule has 1 aromatic rings. The molecule has 4 aliphatic rings. The fraction of sp³-hybridized carbons (Fsp3) is 0.567. The van der Waals surface area contributed by atoms with Gasteiger partial charge in [-0.15, -0.1) is 0 Å². The quantitative estimate of drug-likeness (QED) is 0.557. The molecule has 5 rings (SSSR count). The maximum Gasteiger partial charge on any atom is 0.254 e. The van der Waals surface area contributed by atoms with Crippen LogP contribution in [-0.2, 0) is 11.2 Å². The zero-order valence-corrected chi connectivity index (χ0v) is 21.1. The van der Waals surface area contributed by atoms with E-state index in [9.17, 15) is 4.79 Å². The highest BCUT2D eigenvalue weighted by molar-refractivity contribution is 5.97. The average molecular weight is 477 g/mol. The molecule has 0 bridgehead atoms. The van der Waals surface area contributed by atoms with Gasteiger partial charge in [0.1, 0.15) is 12.4 Å². The van der Waals surface area contributed by atoms with Gasteiger partial charge in [0.15, 0.2) is 0 Å². The maximum absolute atomic E-state index is 13.5. The third-order valence-corrected chi connectivity index (χ3v) is 7.87. The Hall–Kier alpha value is -2.37. The number of hydrogen-bond acceptors (Lipinski definition) is 4. The number of hydrogen-bond donors (Lipinski definition) is 0. The van der Waals surface area contributed by atoms with Crippen LogP contribution in [0.2, 0.25) is 0 Å². The number of carbonyl (C=O) groups excluding carboxylic acids is 1. The highest BCUT2D eigenvalue weighted by Crippen LogP contribution is 2.29. The molecular formula is C30H40N2O3. The molecule has 188 valence electrons. The second-order valence-electron chi connectivity index (χ2n) is 10.6. The molecule has 0 unspecified atom stereocenters. The van der Waals surface area contributed by atoms with Gasteiger partial charge in [0, 0.05) is 31.3 Å². The summed E-state index contributed by atoms with van der Waals surface area (Å²) in [6.45, 7) is 10.0. The highest BCUT2D eigenvalue weighted by Gasteiger charge is 2.30. The van der Waals surface area contributed by atoms with Crippen LogP contribution in [0.15, 0.2) is 54.2 Å². The largest absolute Gasteiger partial charge is 0.491 e. The second kappa shape index (κ2) is 11.6. The molecule has 0 spiro atoms. The van der Waals surface area contributed by atoms with Gasteiger partial charge < -0.3 is 14.4 Å². The van der Waals surface area contributed by atoms with Crippen molar-refractivity contribution in [2.45, 2.75) is 69.9 Å².